The van der Waals surface area contributed by atoms with Gasteiger partial charge in [-0.1, -0.05) is 96.1 Å². The molecule has 3 rings (SSSR count). The fraction of sp³-hybridized carbons (Fsp3) is 0.367. The number of carbonyl (C=O) groups is 1. The van der Waals surface area contributed by atoms with Gasteiger partial charge < -0.3 is 19.1 Å². The second kappa shape index (κ2) is 12.8. The van der Waals surface area contributed by atoms with Gasteiger partial charge in [0, 0.05) is 0 Å². The molecule has 0 radical (unpaired) electrons. The van der Waals surface area contributed by atoms with Crippen molar-refractivity contribution in [3.63, 3.8) is 0 Å². The topological polar surface area (TPSA) is 73.9 Å². The second-order valence-electron chi connectivity index (χ2n) is 10.1. The van der Waals surface area contributed by atoms with E-state index in [-0.39, 0.29) is 12.5 Å². The normalized spacial score (nSPS) is 12.5. The van der Waals surface area contributed by atoms with E-state index in [2.05, 4.69) is 33.0 Å². The van der Waals surface area contributed by atoms with Gasteiger partial charge in [-0.3, -0.25) is 0 Å². The Bertz CT molecular complexity index is 1120. The molecule has 0 aliphatic rings. The summed E-state index contributed by atoms with van der Waals surface area (Å²) >= 11 is 0. The Morgan fingerprint density at radius 2 is 1.19 bits per heavy atom. The van der Waals surface area contributed by atoms with E-state index < -0.39 is 19.5 Å². The first-order valence-electron chi connectivity index (χ1n) is 12.7. The second-order valence-corrected chi connectivity index (χ2v) is 12.1. The van der Waals surface area contributed by atoms with Crippen LogP contribution in [0.4, 0.5) is 4.79 Å². The van der Waals surface area contributed by atoms with Crippen molar-refractivity contribution < 1.29 is 23.1 Å². The summed E-state index contributed by atoms with van der Waals surface area (Å²) in [6, 6.07) is 24.2. The van der Waals surface area contributed by atoms with E-state index in [1.807, 2.05) is 68.4 Å². The fourth-order valence-electron chi connectivity index (χ4n) is 3.75. The Kier molecular flexibility index (Phi) is 9.82. The van der Waals surface area contributed by atoms with Crippen molar-refractivity contribution in [1.29, 1.82) is 0 Å². The van der Waals surface area contributed by atoms with Gasteiger partial charge >= 0.3 is 13.7 Å². The summed E-state index contributed by atoms with van der Waals surface area (Å²) in [5.74, 6) is 0.265. The number of alkyl carbamates (subject to hydrolysis) is 1. The average Bonchev–Trinajstić information content (AvgIpc) is 2.87. The standard InChI is InChI=1S/C30H38NO5P/c1-21(2)25-12-16-27(17-13-25)35-37(33,36-28-18-14-26(15-19-28)22(3)4)29(23(5)6)31-30(32)34-20-24-10-8-7-9-11-24/h7-19,21-23,29H,20H2,1-6H3,(H,31,32)/t29-/m0/s1. The van der Waals surface area contributed by atoms with Crippen molar-refractivity contribution in [3.8, 4) is 11.5 Å². The molecular formula is C30H38NO5P. The Labute approximate surface area is 220 Å². The first kappa shape index (κ1) is 28.3. The lowest BCUT2D eigenvalue weighted by atomic mass is 10.0. The van der Waals surface area contributed by atoms with Gasteiger partial charge in [0.2, 0.25) is 0 Å². The van der Waals surface area contributed by atoms with Crippen LogP contribution in [0.15, 0.2) is 78.9 Å². The number of ether oxygens (including phenoxy) is 1. The molecule has 3 aromatic rings. The van der Waals surface area contributed by atoms with Crippen LogP contribution in [0, 0.1) is 5.92 Å². The highest BCUT2D eigenvalue weighted by atomic mass is 31.2. The molecule has 0 fully saturated rings. The monoisotopic (exact) mass is 523 g/mol. The Morgan fingerprint density at radius 3 is 1.59 bits per heavy atom. The minimum absolute atomic E-state index is 0.0941. The molecule has 0 unspecified atom stereocenters. The molecule has 7 heteroatoms. The highest BCUT2D eigenvalue weighted by molar-refractivity contribution is 7.55. The summed E-state index contributed by atoms with van der Waals surface area (Å²) < 4.78 is 32.0. The summed E-state index contributed by atoms with van der Waals surface area (Å²) in [5.41, 5.74) is 3.12. The SMILES string of the molecule is CC(C)c1ccc(OP(=O)(Oc2ccc(C(C)C)cc2)[C@H](NC(=O)OCc2ccccc2)C(C)C)cc1. The van der Waals surface area contributed by atoms with Crippen molar-refractivity contribution in [2.75, 3.05) is 0 Å². The molecule has 1 atom stereocenters. The van der Waals surface area contributed by atoms with Crippen LogP contribution in [0.5, 0.6) is 11.5 Å². The summed E-state index contributed by atoms with van der Waals surface area (Å²) in [6.45, 7) is 12.2. The Balaban J connectivity index is 1.86. The molecule has 3 aromatic carbocycles. The lowest BCUT2D eigenvalue weighted by Gasteiger charge is -2.30. The minimum Gasteiger partial charge on any atom is -0.445 e. The van der Waals surface area contributed by atoms with Crippen molar-refractivity contribution in [2.24, 2.45) is 5.92 Å². The smallest absolute Gasteiger partial charge is 0.445 e. The van der Waals surface area contributed by atoms with E-state index in [0.29, 0.717) is 23.3 Å². The van der Waals surface area contributed by atoms with Gasteiger partial charge in [0.05, 0.1) is 0 Å². The van der Waals surface area contributed by atoms with E-state index in [4.69, 9.17) is 13.8 Å². The molecular weight excluding hydrogens is 485 g/mol. The van der Waals surface area contributed by atoms with E-state index in [9.17, 15) is 9.36 Å². The molecule has 0 aliphatic heterocycles. The zero-order chi connectivity index (χ0) is 27.0. The molecule has 0 aliphatic carbocycles. The number of amides is 1. The van der Waals surface area contributed by atoms with E-state index in [1.54, 1.807) is 24.3 Å². The maximum atomic E-state index is 14.4. The Hall–Kier alpha value is -3.24. The molecule has 0 aromatic heterocycles. The largest absolute Gasteiger partial charge is 0.453 e. The first-order chi connectivity index (χ1) is 17.6. The number of nitrogens with one attached hydrogen (secondary N) is 1. The third-order valence-electron chi connectivity index (χ3n) is 6.01. The average molecular weight is 524 g/mol. The summed E-state index contributed by atoms with van der Waals surface area (Å²) in [5, 5.41) is 2.75. The number of rotatable bonds is 11. The lowest BCUT2D eigenvalue weighted by Crippen LogP contribution is -2.41. The van der Waals surface area contributed by atoms with E-state index in [0.717, 1.165) is 16.7 Å². The lowest BCUT2D eigenvalue weighted by molar-refractivity contribution is 0.135. The predicted molar refractivity (Wildman–Crippen MR) is 148 cm³/mol. The number of hydrogen-bond acceptors (Lipinski definition) is 5. The molecule has 0 spiro atoms. The van der Waals surface area contributed by atoms with Gasteiger partial charge in [0.1, 0.15) is 18.1 Å². The first-order valence-corrected chi connectivity index (χ1v) is 14.3. The summed E-state index contributed by atoms with van der Waals surface area (Å²) in [4.78, 5) is 12.8. The molecule has 1 amide bonds. The number of hydrogen-bond donors (Lipinski definition) is 1. The van der Waals surface area contributed by atoms with Crippen LogP contribution >= 0.6 is 7.60 Å². The minimum atomic E-state index is -3.97. The van der Waals surface area contributed by atoms with Gasteiger partial charge in [-0.05, 0) is 58.7 Å². The van der Waals surface area contributed by atoms with Gasteiger partial charge in [-0.2, -0.15) is 0 Å². The third-order valence-corrected chi connectivity index (χ3v) is 8.35. The molecule has 198 valence electrons. The number of carbonyl (C=O) groups excluding carboxylic acids is 1. The summed E-state index contributed by atoms with van der Waals surface area (Å²) in [6.07, 6.45) is -0.694. The highest BCUT2D eigenvalue weighted by Gasteiger charge is 2.43. The van der Waals surface area contributed by atoms with Crippen LogP contribution < -0.4 is 14.4 Å². The van der Waals surface area contributed by atoms with Crippen LogP contribution in [-0.2, 0) is 15.9 Å². The Morgan fingerprint density at radius 1 is 0.730 bits per heavy atom. The molecule has 0 saturated heterocycles. The van der Waals surface area contributed by atoms with Crippen molar-refractivity contribution in [3.05, 3.63) is 95.6 Å². The zero-order valence-corrected chi connectivity index (χ0v) is 23.4. The van der Waals surface area contributed by atoms with Crippen LogP contribution in [0.2, 0.25) is 0 Å². The molecule has 6 nitrogen and oxygen atoms in total. The quantitative estimate of drug-likeness (QED) is 0.255. The van der Waals surface area contributed by atoms with Gasteiger partial charge in [-0.15, -0.1) is 0 Å². The maximum Gasteiger partial charge on any atom is 0.453 e. The molecule has 0 saturated carbocycles. The van der Waals surface area contributed by atoms with Gasteiger partial charge in [0.25, 0.3) is 0 Å². The fourth-order valence-corrected chi connectivity index (χ4v) is 5.84. The van der Waals surface area contributed by atoms with Crippen molar-refractivity contribution >= 4 is 13.7 Å². The molecule has 0 bridgehead atoms. The van der Waals surface area contributed by atoms with E-state index >= 15 is 0 Å². The van der Waals surface area contributed by atoms with Crippen LogP contribution in [0.1, 0.15) is 70.1 Å². The zero-order valence-electron chi connectivity index (χ0n) is 22.5. The molecule has 0 heterocycles. The third kappa shape index (κ3) is 8.13. The van der Waals surface area contributed by atoms with Crippen LogP contribution in [0.25, 0.3) is 0 Å². The maximum absolute atomic E-state index is 14.4. The van der Waals surface area contributed by atoms with Crippen molar-refractivity contribution in [2.45, 2.75) is 65.8 Å². The predicted octanol–water partition coefficient (Wildman–Crippen LogP) is 8.49. The number of benzene rings is 3. The highest BCUT2D eigenvalue weighted by Crippen LogP contribution is 2.54. The molecule has 37 heavy (non-hydrogen) atoms. The molecule has 1 N–H and O–H groups in total. The summed E-state index contributed by atoms with van der Waals surface area (Å²) in [7, 11) is -3.97. The van der Waals surface area contributed by atoms with Crippen LogP contribution in [-0.4, -0.2) is 11.9 Å². The van der Waals surface area contributed by atoms with Crippen molar-refractivity contribution in [1.82, 2.24) is 5.32 Å². The van der Waals surface area contributed by atoms with Gasteiger partial charge in [-0.25, -0.2) is 9.36 Å². The van der Waals surface area contributed by atoms with Crippen LogP contribution in [0.3, 0.4) is 0 Å². The van der Waals surface area contributed by atoms with E-state index in [1.165, 1.54) is 0 Å². The van der Waals surface area contributed by atoms with Gasteiger partial charge in [0.15, 0.2) is 5.78 Å².